The van der Waals surface area contributed by atoms with E-state index >= 15 is 0 Å². The summed E-state index contributed by atoms with van der Waals surface area (Å²) in [5.41, 5.74) is -3.81. The molecule has 4 bridgehead atoms. The molecule has 1 aliphatic heterocycles. The highest BCUT2D eigenvalue weighted by molar-refractivity contribution is 5.94. The molecular formula is C22H30O7. The summed E-state index contributed by atoms with van der Waals surface area (Å²) in [4.78, 5) is 26.6. The second-order valence-electron chi connectivity index (χ2n) is 10.4. The summed E-state index contributed by atoms with van der Waals surface area (Å²) in [6, 6.07) is 0. The van der Waals surface area contributed by atoms with Crippen LogP contribution in [0, 0.1) is 22.2 Å². The number of Topliss-reactive ketones (excluding diaryl/α,β-unsaturated/α-hetero) is 1. The van der Waals surface area contributed by atoms with Crippen LogP contribution in [0.4, 0.5) is 0 Å². The molecule has 5 fully saturated rings. The molecule has 0 aromatic rings. The molecular weight excluding hydrogens is 376 g/mol. The Balaban J connectivity index is 1.70. The summed E-state index contributed by atoms with van der Waals surface area (Å²) >= 11 is 0. The number of fused-ring (bicyclic) bond motifs is 1. The van der Waals surface area contributed by atoms with E-state index in [0.717, 1.165) is 18.4 Å². The van der Waals surface area contributed by atoms with Gasteiger partial charge in [0, 0.05) is 29.2 Å². The van der Waals surface area contributed by atoms with E-state index in [1.165, 1.54) is 0 Å². The summed E-state index contributed by atoms with van der Waals surface area (Å²) in [5.74, 6) is -3.17. The molecule has 3 N–H and O–H groups in total. The van der Waals surface area contributed by atoms with E-state index in [0.29, 0.717) is 12.0 Å². The number of carbonyl (C=O) groups is 2. The first-order valence-electron chi connectivity index (χ1n) is 10.6. The molecule has 7 nitrogen and oxygen atoms in total. The summed E-state index contributed by atoms with van der Waals surface area (Å²) in [7, 11) is 0. The molecule has 1 spiro atoms. The second kappa shape index (κ2) is 5.31. The molecule has 7 heteroatoms. The van der Waals surface area contributed by atoms with Crippen molar-refractivity contribution in [2.24, 2.45) is 22.2 Å². The SMILES string of the molecule is CC1=C(C(=O)O[C@]23OC[C@@]4(C)C2(C)C(=O)CC2([C@H]3O)[C@@H](C)[C@@H](O)C[C@@]24O)CCC1. The summed E-state index contributed by atoms with van der Waals surface area (Å²) in [6.45, 7) is 7.02. The third-order valence-electron chi connectivity index (χ3n) is 9.80. The fourth-order valence-electron chi connectivity index (χ4n) is 7.66. The lowest BCUT2D eigenvalue weighted by atomic mass is 9.35. The van der Waals surface area contributed by atoms with Gasteiger partial charge in [0.25, 0.3) is 5.79 Å². The molecule has 6 aliphatic rings. The standard InChI is InChI=1S/C22H30O7/c1-11-6-5-7-13(11)16(25)29-22-17(26)20-9-15(24)19(22,4)18(3,10-28-22)21(20,27)8-14(23)12(20)2/h12,14,17,23,26-27H,5-10H2,1-4H3/t12-,14-,17+,18-,19?,20?,21-,22-/m0/s1. The minimum absolute atomic E-state index is 0.0324. The van der Waals surface area contributed by atoms with Crippen LogP contribution in [-0.2, 0) is 19.1 Å². The predicted molar refractivity (Wildman–Crippen MR) is 100 cm³/mol. The van der Waals surface area contributed by atoms with Crippen molar-refractivity contribution >= 4 is 11.8 Å². The first-order valence-corrected chi connectivity index (χ1v) is 10.6. The van der Waals surface area contributed by atoms with E-state index in [1.807, 2.05) is 6.92 Å². The minimum atomic E-state index is -1.87. The van der Waals surface area contributed by atoms with Gasteiger partial charge in [-0.2, -0.15) is 0 Å². The number of ketones is 1. The van der Waals surface area contributed by atoms with Gasteiger partial charge in [-0.25, -0.2) is 4.79 Å². The Morgan fingerprint density at radius 1 is 1.24 bits per heavy atom. The Labute approximate surface area is 170 Å². The van der Waals surface area contributed by atoms with Crippen molar-refractivity contribution < 1.29 is 34.4 Å². The normalized spacial score (nSPS) is 55.6. The molecule has 1 saturated heterocycles. The second-order valence-corrected chi connectivity index (χ2v) is 10.4. The van der Waals surface area contributed by atoms with Gasteiger partial charge in [0.1, 0.15) is 17.3 Å². The van der Waals surface area contributed by atoms with E-state index in [1.54, 1.807) is 20.8 Å². The van der Waals surface area contributed by atoms with Crippen LogP contribution in [-0.4, -0.2) is 57.3 Å². The van der Waals surface area contributed by atoms with Crippen LogP contribution >= 0.6 is 0 Å². The van der Waals surface area contributed by atoms with Gasteiger partial charge in [0.05, 0.1) is 18.3 Å². The monoisotopic (exact) mass is 406 g/mol. The van der Waals surface area contributed by atoms with E-state index in [4.69, 9.17) is 9.47 Å². The Kier molecular flexibility index (Phi) is 3.60. The van der Waals surface area contributed by atoms with Crippen molar-refractivity contribution in [3.8, 4) is 0 Å². The summed E-state index contributed by atoms with van der Waals surface area (Å²) in [5, 5.41) is 34.3. The highest BCUT2D eigenvalue weighted by Crippen LogP contribution is 2.80. The van der Waals surface area contributed by atoms with Gasteiger partial charge in [0.2, 0.25) is 0 Å². The first kappa shape index (κ1) is 19.7. The van der Waals surface area contributed by atoms with E-state index in [-0.39, 0.29) is 25.2 Å². The van der Waals surface area contributed by atoms with Crippen LogP contribution in [0.25, 0.3) is 0 Å². The van der Waals surface area contributed by atoms with Crippen LogP contribution in [0.5, 0.6) is 0 Å². The van der Waals surface area contributed by atoms with E-state index in [2.05, 4.69) is 0 Å². The van der Waals surface area contributed by atoms with Crippen LogP contribution in [0.1, 0.15) is 59.8 Å². The van der Waals surface area contributed by atoms with Gasteiger partial charge in [-0.3, -0.25) is 4.79 Å². The van der Waals surface area contributed by atoms with Crippen molar-refractivity contribution in [2.45, 2.75) is 83.4 Å². The molecule has 8 atom stereocenters. The fraction of sp³-hybridized carbons (Fsp3) is 0.818. The van der Waals surface area contributed by atoms with Gasteiger partial charge in [-0.1, -0.05) is 19.4 Å². The number of ether oxygens (including phenoxy) is 2. The molecule has 1 heterocycles. The van der Waals surface area contributed by atoms with Gasteiger partial charge >= 0.3 is 5.97 Å². The lowest BCUT2D eigenvalue weighted by Crippen LogP contribution is -2.84. The summed E-state index contributed by atoms with van der Waals surface area (Å²) < 4.78 is 12.0. The third-order valence-corrected chi connectivity index (χ3v) is 9.80. The number of carbonyl (C=O) groups excluding carboxylic acids is 2. The maximum atomic E-state index is 13.5. The quantitative estimate of drug-likeness (QED) is 0.591. The molecule has 160 valence electrons. The van der Waals surface area contributed by atoms with Crippen molar-refractivity contribution in [1.82, 2.24) is 0 Å². The lowest BCUT2D eigenvalue weighted by Gasteiger charge is -2.70. The molecule has 0 radical (unpaired) electrons. The molecule has 29 heavy (non-hydrogen) atoms. The minimum Gasteiger partial charge on any atom is -0.426 e. The smallest absolute Gasteiger partial charge is 0.336 e. The molecule has 6 rings (SSSR count). The van der Waals surface area contributed by atoms with Crippen molar-refractivity contribution in [3.63, 3.8) is 0 Å². The van der Waals surface area contributed by atoms with E-state index in [9.17, 15) is 24.9 Å². The van der Waals surface area contributed by atoms with Crippen LogP contribution in [0.15, 0.2) is 11.1 Å². The van der Waals surface area contributed by atoms with Crippen LogP contribution < -0.4 is 0 Å². The first-order chi connectivity index (χ1) is 13.4. The number of aliphatic hydroxyl groups excluding tert-OH is 2. The Hall–Kier alpha value is -1.28. The number of hydrogen-bond donors (Lipinski definition) is 3. The molecule has 0 aromatic carbocycles. The van der Waals surface area contributed by atoms with Gasteiger partial charge < -0.3 is 24.8 Å². The fourth-order valence-corrected chi connectivity index (χ4v) is 7.66. The maximum absolute atomic E-state index is 13.5. The predicted octanol–water partition coefficient (Wildman–Crippen LogP) is 1.23. The molecule has 5 aliphatic carbocycles. The van der Waals surface area contributed by atoms with E-state index < -0.39 is 51.7 Å². The zero-order valence-electron chi connectivity index (χ0n) is 17.4. The van der Waals surface area contributed by atoms with Crippen LogP contribution in [0.2, 0.25) is 0 Å². The number of rotatable bonds is 2. The zero-order chi connectivity index (χ0) is 21.2. The Morgan fingerprint density at radius 3 is 2.55 bits per heavy atom. The summed E-state index contributed by atoms with van der Waals surface area (Å²) in [6.07, 6.45) is -0.00932. The average Bonchev–Trinajstić information content (AvgIpc) is 3.24. The number of aliphatic hydroxyl groups is 3. The molecule has 4 saturated carbocycles. The topological polar surface area (TPSA) is 113 Å². The van der Waals surface area contributed by atoms with Crippen LogP contribution in [0.3, 0.4) is 0 Å². The number of allylic oxidation sites excluding steroid dienone is 1. The van der Waals surface area contributed by atoms with Crippen molar-refractivity contribution in [1.29, 1.82) is 0 Å². The Morgan fingerprint density at radius 2 is 1.93 bits per heavy atom. The average molecular weight is 406 g/mol. The van der Waals surface area contributed by atoms with Gasteiger partial charge in [0.15, 0.2) is 0 Å². The van der Waals surface area contributed by atoms with Crippen molar-refractivity contribution in [3.05, 3.63) is 11.1 Å². The largest absolute Gasteiger partial charge is 0.426 e. The molecule has 2 unspecified atom stereocenters. The number of hydrogen-bond acceptors (Lipinski definition) is 7. The van der Waals surface area contributed by atoms with Gasteiger partial charge in [-0.05, 0) is 39.0 Å². The van der Waals surface area contributed by atoms with Crippen molar-refractivity contribution in [2.75, 3.05) is 6.61 Å². The van der Waals surface area contributed by atoms with Gasteiger partial charge in [-0.15, -0.1) is 0 Å². The Bertz CT molecular complexity index is 865. The highest BCUT2D eigenvalue weighted by atomic mass is 16.7. The molecule has 0 aromatic heterocycles. The third kappa shape index (κ3) is 1.68. The highest BCUT2D eigenvalue weighted by Gasteiger charge is 2.93. The lowest BCUT2D eigenvalue weighted by molar-refractivity contribution is -0.369. The molecule has 0 amide bonds. The number of esters is 1. The zero-order valence-corrected chi connectivity index (χ0v) is 17.4. The maximum Gasteiger partial charge on any atom is 0.336 e.